The second-order valence-corrected chi connectivity index (χ2v) is 16.4. The molecule has 0 spiro atoms. The van der Waals surface area contributed by atoms with E-state index in [2.05, 4.69) is 93.7 Å². The Morgan fingerprint density at radius 2 is 0.717 bits per heavy atom. The fraction of sp³-hybridized carbons (Fsp3) is 0.722. The highest BCUT2D eigenvalue weighted by molar-refractivity contribution is 5.71. The molecular weight excluding hydrogens is 745 g/mol. The van der Waals surface area contributed by atoms with Gasteiger partial charge in [-0.3, -0.25) is 14.4 Å². The molecule has 0 saturated carbocycles. The van der Waals surface area contributed by atoms with Crippen LogP contribution < -0.4 is 0 Å². The Morgan fingerprint density at radius 3 is 1.20 bits per heavy atom. The fourth-order valence-corrected chi connectivity index (χ4v) is 6.69. The summed E-state index contributed by atoms with van der Waals surface area (Å²) >= 11 is 0. The zero-order valence-electron chi connectivity index (χ0n) is 39.2. The van der Waals surface area contributed by atoms with Crippen molar-refractivity contribution in [1.29, 1.82) is 0 Å². The van der Waals surface area contributed by atoms with Crippen LogP contribution in [0.4, 0.5) is 0 Å². The number of allylic oxidation sites excluding steroid dienone is 12. The Hall–Kier alpha value is -3.15. The third-order valence-electron chi connectivity index (χ3n) is 10.4. The third kappa shape index (κ3) is 45.9. The van der Waals surface area contributed by atoms with Crippen LogP contribution in [0.1, 0.15) is 233 Å². The van der Waals surface area contributed by atoms with Gasteiger partial charge >= 0.3 is 17.9 Å². The summed E-state index contributed by atoms with van der Waals surface area (Å²) in [5, 5.41) is 0. The molecule has 0 radical (unpaired) electrons. The first kappa shape index (κ1) is 56.9. The van der Waals surface area contributed by atoms with Gasteiger partial charge in [-0.25, -0.2) is 0 Å². The van der Waals surface area contributed by atoms with Crippen molar-refractivity contribution in [1.82, 2.24) is 0 Å². The molecule has 0 N–H and O–H groups in total. The summed E-state index contributed by atoms with van der Waals surface area (Å²) in [6, 6.07) is 0. The minimum atomic E-state index is -0.799. The van der Waals surface area contributed by atoms with E-state index in [-0.39, 0.29) is 37.5 Å². The predicted molar refractivity (Wildman–Crippen MR) is 256 cm³/mol. The van der Waals surface area contributed by atoms with E-state index in [0.717, 1.165) is 77.0 Å². The number of hydrogen-bond donors (Lipinski definition) is 0. The molecule has 0 aliphatic carbocycles. The molecular formula is C54H92O6. The van der Waals surface area contributed by atoms with Gasteiger partial charge in [0.15, 0.2) is 6.10 Å². The molecule has 60 heavy (non-hydrogen) atoms. The zero-order chi connectivity index (χ0) is 43.7. The first-order chi connectivity index (χ1) is 29.5. The fourth-order valence-electron chi connectivity index (χ4n) is 6.69. The molecule has 0 aromatic heterocycles. The first-order valence-corrected chi connectivity index (χ1v) is 25.0. The molecule has 1 unspecified atom stereocenters. The lowest BCUT2D eigenvalue weighted by Gasteiger charge is -2.18. The van der Waals surface area contributed by atoms with E-state index in [1.807, 2.05) is 0 Å². The van der Waals surface area contributed by atoms with Gasteiger partial charge in [0.05, 0.1) is 0 Å². The minimum absolute atomic E-state index is 0.0965. The van der Waals surface area contributed by atoms with Gasteiger partial charge in [0, 0.05) is 19.3 Å². The molecule has 0 aromatic carbocycles. The van der Waals surface area contributed by atoms with Crippen LogP contribution in [0, 0.1) is 0 Å². The molecule has 6 heteroatoms. The number of rotatable bonds is 44. The predicted octanol–water partition coefficient (Wildman–Crippen LogP) is 16.3. The SMILES string of the molecule is CC/C=C\C/C=C\C/C=C\CCCC(=O)OCC(COC(=O)CCCCCCCCCCCC/C=C\C=C/CCCCC)OC(=O)CCCCCCC/C=C\CCCCC. The number of carbonyl (C=O) groups is 3. The van der Waals surface area contributed by atoms with Gasteiger partial charge in [-0.1, -0.05) is 190 Å². The number of unbranched alkanes of at least 4 members (excludes halogenated alkanes) is 22. The van der Waals surface area contributed by atoms with Gasteiger partial charge in [-0.05, 0) is 96.3 Å². The monoisotopic (exact) mass is 837 g/mol. The summed E-state index contributed by atoms with van der Waals surface area (Å²) < 4.78 is 16.7. The molecule has 344 valence electrons. The van der Waals surface area contributed by atoms with Gasteiger partial charge in [0.2, 0.25) is 0 Å². The van der Waals surface area contributed by atoms with Gasteiger partial charge in [0.25, 0.3) is 0 Å². The van der Waals surface area contributed by atoms with Crippen molar-refractivity contribution in [3.05, 3.63) is 72.9 Å². The van der Waals surface area contributed by atoms with Crippen LogP contribution in [0.5, 0.6) is 0 Å². The summed E-state index contributed by atoms with van der Waals surface area (Å²) in [6.07, 6.45) is 60.4. The van der Waals surface area contributed by atoms with Crippen molar-refractivity contribution < 1.29 is 28.6 Å². The molecule has 0 bridgehead atoms. The van der Waals surface area contributed by atoms with E-state index in [1.54, 1.807) is 0 Å². The Kier molecular flexibility index (Phi) is 46.0. The maximum atomic E-state index is 12.7. The molecule has 1 atom stereocenters. The molecule has 0 amide bonds. The minimum Gasteiger partial charge on any atom is -0.462 e. The van der Waals surface area contributed by atoms with Crippen LogP contribution in [-0.4, -0.2) is 37.2 Å². The summed E-state index contributed by atoms with van der Waals surface area (Å²) in [5.41, 5.74) is 0. The maximum Gasteiger partial charge on any atom is 0.306 e. The standard InChI is InChI=1S/C54H92O6/c1-4-7-10-13-16-19-22-24-25-26-27-28-29-30-33-35-38-41-44-47-53(56)59-50-51(49-58-52(55)46-43-40-37-34-31-21-18-15-12-9-6-3)60-54(57)48-45-42-39-36-32-23-20-17-14-11-8-5-2/h9,12,16-22,24,34,37,51H,4-8,10-11,13-15,23,25-33,35-36,38-50H2,1-3H3/b12-9-,19-16-,20-17-,21-18-,24-22-,37-34-. The highest BCUT2D eigenvalue weighted by Gasteiger charge is 2.19. The Morgan fingerprint density at radius 1 is 0.367 bits per heavy atom. The normalized spacial score (nSPS) is 12.7. The topological polar surface area (TPSA) is 78.9 Å². The van der Waals surface area contributed by atoms with Crippen molar-refractivity contribution in [2.75, 3.05) is 13.2 Å². The molecule has 0 aliphatic rings. The summed E-state index contributed by atoms with van der Waals surface area (Å²) in [4.78, 5) is 37.8. The van der Waals surface area contributed by atoms with Crippen molar-refractivity contribution in [3.8, 4) is 0 Å². The number of esters is 3. The average molecular weight is 837 g/mol. The maximum absolute atomic E-state index is 12.7. The molecule has 0 rings (SSSR count). The van der Waals surface area contributed by atoms with Gasteiger partial charge in [-0.2, -0.15) is 0 Å². The Bertz CT molecular complexity index is 1140. The van der Waals surface area contributed by atoms with Crippen LogP contribution >= 0.6 is 0 Å². The largest absolute Gasteiger partial charge is 0.462 e. The lowest BCUT2D eigenvalue weighted by Crippen LogP contribution is -2.30. The van der Waals surface area contributed by atoms with E-state index in [9.17, 15) is 14.4 Å². The van der Waals surface area contributed by atoms with E-state index in [1.165, 1.54) is 109 Å². The van der Waals surface area contributed by atoms with Gasteiger partial charge in [-0.15, -0.1) is 0 Å². The number of ether oxygens (including phenoxy) is 3. The van der Waals surface area contributed by atoms with Crippen molar-refractivity contribution >= 4 is 17.9 Å². The Labute approximate surface area is 370 Å². The van der Waals surface area contributed by atoms with E-state index >= 15 is 0 Å². The smallest absolute Gasteiger partial charge is 0.306 e. The van der Waals surface area contributed by atoms with E-state index < -0.39 is 6.10 Å². The average Bonchev–Trinajstić information content (AvgIpc) is 3.24. The third-order valence-corrected chi connectivity index (χ3v) is 10.4. The molecule has 0 fully saturated rings. The number of hydrogen-bond acceptors (Lipinski definition) is 6. The molecule has 6 nitrogen and oxygen atoms in total. The van der Waals surface area contributed by atoms with E-state index in [0.29, 0.717) is 19.3 Å². The second-order valence-electron chi connectivity index (χ2n) is 16.4. The van der Waals surface area contributed by atoms with Crippen LogP contribution in [0.2, 0.25) is 0 Å². The highest BCUT2D eigenvalue weighted by Crippen LogP contribution is 2.14. The number of carbonyl (C=O) groups excluding carboxylic acids is 3. The summed E-state index contributed by atoms with van der Waals surface area (Å²) in [5.74, 6) is -0.968. The molecule has 0 saturated heterocycles. The summed E-state index contributed by atoms with van der Waals surface area (Å²) in [6.45, 7) is 6.40. The lowest BCUT2D eigenvalue weighted by molar-refractivity contribution is -0.167. The van der Waals surface area contributed by atoms with Crippen molar-refractivity contribution in [3.63, 3.8) is 0 Å². The van der Waals surface area contributed by atoms with Gasteiger partial charge < -0.3 is 14.2 Å². The highest BCUT2D eigenvalue weighted by atomic mass is 16.6. The molecule has 0 aliphatic heterocycles. The lowest BCUT2D eigenvalue weighted by atomic mass is 10.1. The van der Waals surface area contributed by atoms with E-state index in [4.69, 9.17) is 14.2 Å². The van der Waals surface area contributed by atoms with Crippen LogP contribution in [0.25, 0.3) is 0 Å². The molecule has 0 aromatic rings. The Balaban J connectivity index is 4.37. The quantitative estimate of drug-likeness (QED) is 0.0200. The first-order valence-electron chi connectivity index (χ1n) is 25.0. The van der Waals surface area contributed by atoms with Crippen molar-refractivity contribution in [2.45, 2.75) is 239 Å². The van der Waals surface area contributed by atoms with Crippen molar-refractivity contribution in [2.24, 2.45) is 0 Å². The second kappa shape index (κ2) is 48.5. The zero-order valence-corrected chi connectivity index (χ0v) is 39.2. The van der Waals surface area contributed by atoms with Gasteiger partial charge in [0.1, 0.15) is 13.2 Å². The summed E-state index contributed by atoms with van der Waals surface area (Å²) in [7, 11) is 0. The van der Waals surface area contributed by atoms with Crippen LogP contribution in [0.3, 0.4) is 0 Å². The van der Waals surface area contributed by atoms with Crippen LogP contribution in [0.15, 0.2) is 72.9 Å². The van der Waals surface area contributed by atoms with Crippen LogP contribution in [-0.2, 0) is 28.6 Å². The molecule has 0 heterocycles.